The molecule has 1 aromatic rings. The normalized spacial score (nSPS) is 20.8. The Balaban J connectivity index is 1.37. The van der Waals surface area contributed by atoms with Gasteiger partial charge in [-0.1, -0.05) is 0 Å². The van der Waals surface area contributed by atoms with Crippen LogP contribution in [0, 0.1) is 0 Å². The Bertz CT molecular complexity index is 577. The topological polar surface area (TPSA) is 101 Å². The van der Waals surface area contributed by atoms with E-state index in [0.29, 0.717) is 6.54 Å². The average Bonchev–Trinajstić information content (AvgIpc) is 3.24. The largest absolute Gasteiger partial charge is 0.444 e. The molecule has 2 aliphatic rings. The molecule has 23 heavy (non-hydrogen) atoms. The maximum absolute atomic E-state index is 11.7. The average molecular weight is 340 g/mol. The van der Waals surface area contributed by atoms with Gasteiger partial charge >= 0.3 is 12.2 Å². The number of amides is 3. The summed E-state index contributed by atoms with van der Waals surface area (Å²) >= 11 is 1.55. The van der Waals surface area contributed by atoms with Gasteiger partial charge in [0.05, 0.1) is 6.54 Å². The first-order chi connectivity index (χ1) is 11.1. The third-order valence-electron chi connectivity index (χ3n) is 3.55. The first kappa shape index (κ1) is 15.5. The molecule has 2 fully saturated rings. The maximum Gasteiger partial charge on any atom is 0.417 e. The number of rotatable bonds is 5. The van der Waals surface area contributed by atoms with Gasteiger partial charge in [-0.25, -0.2) is 19.5 Å². The van der Waals surface area contributed by atoms with Crippen LogP contribution in [0.1, 0.15) is 6.42 Å². The first-order valence-electron chi connectivity index (χ1n) is 7.19. The molecule has 1 N–H and O–H groups in total. The molecule has 0 saturated carbocycles. The highest BCUT2D eigenvalue weighted by Crippen LogP contribution is 2.23. The summed E-state index contributed by atoms with van der Waals surface area (Å²) in [5.41, 5.74) is 0. The van der Waals surface area contributed by atoms with E-state index in [4.69, 9.17) is 4.74 Å². The predicted molar refractivity (Wildman–Crippen MR) is 80.3 cm³/mol. The smallest absolute Gasteiger partial charge is 0.417 e. The Morgan fingerprint density at radius 1 is 1.52 bits per heavy atom. The molecule has 124 valence electrons. The Kier molecular flexibility index (Phi) is 4.60. The highest BCUT2D eigenvalue weighted by Gasteiger charge is 2.31. The van der Waals surface area contributed by atoms with Gasteiger partial charge in [0.2, 0.25) is 0 Å². The summed E-state index contributed by atoms with van der Waals surface area (Å²) in [7, 11) is 0. The van der Waals surface area contributed by atoms with E-state index >= 15 is 0 Å². The molecular formula is C13H16N4O5S. The Morgan fingerprint density at radius 3 is 3.09 bits per heavy atom. The minimum Gasteiger partial charge on any atom is -0.444 e. The Hall–Kier alpha value is -2.36. The van der Waals surface area contributed by atoms with E-state index in [2.05, 4.69) is 19.9 Å². The van der Waals surface area contributed by atoms with Gasteiger partial charge in [-0.15, -0.1) is 11.3 Å². The molecule has 2 aliphatic heterocycles. The van der Waals surface area contributed by atoms with Gasteiger partial charge in [0.25, 0.3) is 5.91 Å². The van der Waals surface area contributed by atoms with Gasteiger partial charge in [0, 0.05) is 37.6 Å². The summed E-state index contributed by atoms with van der Waals surface area (Å²) in [5, 5.41) is 5.36. The number of anilines is 1. The minimum atomic E-state index is -0.681. The molecule has 0 spiro atoms. The quantitative estimate of drug-likeness (QED) is 0.829. The molecule has 0 radical (unpaired) electrons. The summed E-state index contributed by atoms with van der Waals surface area (Å²) < 4.78 is 9.90. The van der Waals surface area contributed by atoms with Crippen molar-refractivity contribution in [3.63, 3.8) is 0 Å². The maximum atomic E-state index is 11.7. The number of ether oxygens (including phenoxy) is 2. The number of thiazole rings is 1. The molecule has 3 heterocycles. The monoisotopic (exact) mass is 340 g/mol. The van der Waals surface area contributed by atoms with Crippen LogP contribution >= 0.6 is 11.3 Å². The van der Waals surface area contributed by atoms with Crippen molar-refractivity contribution in [3.05, 3.63) is 11.6 Å². The molecule has 0 aromatic carbocycles. The number of cyclic esters (lactones) is 1. The fourth-order valence-corrected chi connectivity index (χ4v) is 3.11. The lowest BCUT2D eigenvalue weighted by atomic mass is 10.3. The van der Waals surface area contributed by atoms with Gasteiger partial charge < -0.3 is 19.7 Å². The van der Waals surface area contributed by atoms with Crippen molar-refractivity contribution in [1.29, 1.82) is 0 Å². The fraction of sp³-hybridized carbons (Fsp3) is 0.538. The SMILES string of the molecule is O=C(NCCN1C(=O)COC1=O)O[C@@H]1CCN(c2nccs2)C1. The first-order valence-corrected chi connectivity index (χ1v) is 8.07. The van der Waals surface area contributed by atoms with Crippen LogP contribution in [0.3, 0.4) is 0 Å². The number of nitrogens with zero attached hydrogens (tertiary/aromatic N) is 3. The number of nitrogens with one attached hydrogen (secondary N) is 1. The molecular weight excluding hydrogens is 324 g/mol. The van der Waals surface area contributed by atoms with Crippen LogP contribution in [-0.4, -0.2) is 66.9 Å². The zero-order valence-electron chi connectivity index (χ0n) is 12.3. The fourth-order valence-electron chi connectivity index (χ4n) is 2.43. The van der Waals surface area contributed by atoms with Crippen molar-refractivity contribution in [1.82, 2.24) is 15.2 Å². The van der Waals surface area contributed by atoms with Crippen LogP contribution in [0.2, 0.25) is 0 Å². The number of alkyl carbamates (subject to hydrolysis) is 1. The molecule has 3 rings (SSSR count). The molecule has 2 saturated heterocycles. The van der Waals surface area contributed by atoms with Crippen molar-refractivity contribution in [2.45, 2.75) is 12.5 Å². The Morgan fingerprint density at radius 2 is 2.39 bits per heavy atom. The van der Waals surface area contributed by atoms with E-state index in [1.54, 1.807) is 17.5 Å². The summed E-state index contributed by atoms with van der Waals surface area (Å²) in [6, 6.07) is 0. The zero-order valence-corrected chi connectivity index (χ0v) is 13.1. The molecule has 0 bridgehead atoms. The minimum absolute atomic E-state index is 0.0721. The molecule has 10 heteroatoms. The molecule has 1 aromatic heterocycles. The third kappa shape index (κ3) is 3.70. The van der Waals surface area contributed by atoms with Gasteiger partial charge in [-0.2, -0.15) is 0 Å². The standard InChI is InChI=1S/C13H16N4O5S/c18-10-8-21-13(20)17(10)5-2-15-12(19)22-9-1-4-16(7-9)11-14-3-6-23-11/h3,6,9H,1-2,4-5,7-8H2,(H,15,19)/t9-/m1/s1. The van der Waals surface area contributed by atoms with Crippen LogP contribution in [-0.2, 0) is 14.3 Å². The van der Waals surface area contributed by atoms with Gasteiger partial charge in [-0.05, 0) is 0 Å². The van der Waals surface area contributed by atoms with Crippen LogP contribution in [0.15, 0.2) is 11.6 Å². The molecule has 0 unspecified atom stereocenters. The van der Waals surface area contributed by atoms with Crippen LogP contribution in [0.5, 0.6) is 0 Å². The van der Waals surface area contributed by atoms with E-state index < -0.39 is 18.1 Å². The number of hydrogen-bond acceptors (Lipinski definition) is 8. The third-order valence-corrected chi connectivity index (χ3v) is 4.39. The summed E-state index contributed by atoms with van der Waals surface area (Å²) in [5.74, 6) is -0.403. The second-order valence-corrected chi connectivity index (χ2v) is 5.98. The lowest BCUT2D eigenvalue weighted by Gasteiger charge is -2.16. The van der Waals surface area contributed by atoms with Crippen LogP contribution in [0.25, 0.3) is 0 Å². The predicted octanol–water partition coefficient (Wildman–Crippen LogP) is 0.427. The molecule has 3 amide bonds. The second-order valence-electron chi connectivity index (χ2n) is 5.10. The van der Waals surface area contributed by atoms with E-state index in [-0.39, 0.29) is 25.8 Å². The van der Waals surface area contributed by atoms with Crippen LogP contribution < -0.4 is 10.2 Å². The summed E-state index contributed by atoms with van der Waals surface area (Å²) in [4.78, 5) is 41.5. The lowest BCUT2D eigenvalue weighted by Crippen LogP contribution is -2.39. The van der Waals surface area contributed by atoms with Gasteiger partial charge in [0.1, 0.15) is 6.10 Å². The van der Waals surface area contributed by atoms with Crippen molar-refractivity contribution in [2.75, 3.05) is 37.7 Å². The van der Waals surface area contributed by atoms with Crippen molar-refractivity contribution < 1.29 is 23.9 Å². The number of hydrogen-bond donors (Lipinski definition) is 1. The number of carbonyl (C=O) groups is 3. The zero-order chi connectivity index (χ0) is 16.2. The van der Waals surface area contributed by atoms with E-state index in [0.717, 1.165) is 23.0 Å². The lowest BCUT2D eigenvalue weighted by molar-refractivity contribution is -0.125. The molecule has 9 nitrogen and oxygen atoms in total. The number of carbonyl (C=O) groups excluding carboxylic acids is 3. The van der Waals surface area contributed by atoms with Gasteiger partial charge in [0.15, 0.2) is 11.7 Å². The Labute approximate surface area is 136 Å². The summed E-state index contributed by atoms with van der Waals surface area (Å²) in [6.07, 6.45) is 1.04. The van der Waals surface area contributed by atoms with E-state index in [1.165, 1.54) is 0 Å². The van der Waals surface area contributed by atoms with E-state index in [1.807, 2.05) is 5.38 Å². The van der Waals surface area contributed by atoms with E-state index in [9.17, 15) is 14.4 Å². The van der Waals surface area contributed by atoms with Gasteiger partial charge in [-0.3, -0.25) is 4.79 Å². The highest BCUT2D eigenvalue weighted by molar-refractivity contribution is 7.13. The van der Waals surface area contributed by atoms with Crippen LogP contribution in [0.4, 0.5) is 14.7 Å². The summed E-state index contributed by atoms with van der Waals surface area (Å²) in [6.45, 7) is 1.36. The highest BCUT2D eigenvalue weighted by atomic mass is 32.1. The van der Waals surface area contributed by atoms with Crippen molar-refractivity contribution >= 4 is 34.6 Å². The molecule has 1 atom stereocenters. The molecule has 0 aliphatic carbocycles. The van der Waals surface area contributed by atoms with Crippen molar-refractivity contribution in [3.8, 4) is 0 Å². The number of imide groups is 1. The second kappa shape index (κ2) is 6.82. The van der Waals surface area contributed by atoms with Crippen molar-refractivity contribution in [2.24, 2.45) is 0 Å². The number of aromatic nitrogens is 1.